The summed E-state index contributed by atoms with van der Waals surface area (Å²) >= 11 is 3.44. The minimum atomic E-state index is -0.198. The Balaban J connectivity index is 2.60. The van der Waals surface area contributed by atoms with Crippen molar-refractivity contribution in [1.29, 1.82) is 0 Å². The third-order valence-electron chi connectivity index (χ3n) is 3.21. The van der Waals surface area contributed by atoms with Crippen LogP contribution in [0.15, 0.2) is 22.7 Å². The SMILES string of the molecule is CCCCC(C)C(N)Cc1cc(F)ccc1Br. The minimum absolute atomic E-state index is 0.0969. The van der Waals surface area contributed by atoms with Gasteiger partial charge in [-0.1, -0.05) is 42.6 Å². The van der Waals surface area contributed by atoms with Crippen LogP contribution in [0.3, 0.4) is 0 Å². The second-order valence-electron chi connectivity index (χ2n) is 4.72. The van der Waals surface area contributed by atoms with E-state index in [0.29, 0.717) is 5.92 Å². The summed E-state index contributed by atoms with van der Waals surface area (Å²) in [7, 11) is 0. The molecule has 1 rings (SSSR count). The van der Waals surface area contributed by atoms with E-state index in [1.54, 1.807) is 12.1 Å². The van der Waals surface area contributed by atoms with Crippen LogP contribution in [0.4, 0.5) is 4.39 Å². The molecule has 17 heavy (non-hydrogen) atoms. The van der Waals surface area contributed by atoms with E-state index in [2.05, 4.69) is 29.8 Å². The summed E-state index contributed by atoms with van der Waals surface area (Å²) < 4.78 is 14.1. The number of unbranched alkanes of at least 4 members (excludes halogenated alkanes) is 1. The maximum atomic E-state index is 13.1. The second kappa shape index (κ2) is 7.12. The van der Waals surface area contributed by atoms with Crippen molar-refractivity contribution in [3.63, 3.8) is 0 Å². The van der Waals surface area contributed by atoms with Crippen LogP contribution >= 0.6 is 15.9 Å². The molecule has 1 aromatic carbocycles. The number of halogens is 2. The van der Waals surface area contributed by atoms with Gasteiger partial charge in [0.25, 0.3) is 0 Å². The van der Waals surface area contributed by atoms with Crippen molar-refractivity contribution in [2.75, 3.05) is 0 Å². The molecular weight excluding hydrogens is 281 g/mol. The lowest BCUT2D eigenvalue weighted by Crippen LogP contribution is -2.30. The molecule has 2 N–H and O–H groups in total. The van der Waals surface area contributed by atoms with Crippen LogP contribution in [0.5, 0.6) is 0 Å². The van der Waals surface area contributed by atoms with Crippen molar-refractivity contribution in [2.45, 2.75) is 45.6 Å². The highest BCUT2D eigenvalue weighted by molar-refractivity contribution is 9.10. The molecule has 3 heteroatoms. The Morgan fingerprint density at radius 3 is 2.76 bits per heavy atom. The average Bonchev–Trinajstić information content (AvgIpc) is 2.30. The van der Waals surface area contributed by atoms with Gasteiger partial charge < -0.3 is 5.73 Å². The van der Waals surface area contributed by atoms with Gasteiger partial charge in [0.2, 0.25) is 0 Å². The largest absolute Gasteiger partial charge is 0.327 e. The van der Waals surface area contributed by atoms with Gasteiger partial charge >= 0.3 is 0 Å². The summed E-state index contributed by atoms with van der Waals surface area (Å²) in [6, 6.07) is 4.86. The zero-order chi connectivity index (χ0) is 12.8. The number of hydrogen-bond donors (Lipinski definition) is 1. The molecule has 0 aliphatic rings. The Bertz CT molecular complexity index is 354. The molecule has 0 heterocycles. The molecule has 0 saturated carbocycles. The van der Waals surface area contributed by atoms with E-state index in [9.17, 15) is 4.39 Å². The van der Waals surface area contributed by atoms with Gasteiger partial charge in [0.15, 0.2) is 0 Å². The smallest absolute Gasteiger partial charge is 0.123 e. The maximum Gasteiger partial charge on any atom is 0.123 e. The molecule has 0 fully saturated rings. The van der Waals surface area contributed by atoms with E-state index < -0.39 is 0 Å². The standard InChI is InChI=1S/C14H21BrFN/c1-3-4-5-10(2)14(17)9-11-8-12(16)6-7-13(11)15/h6-8,10,14H,3-5,9,17H2,1-2H3. The van der Waals surface area contributed by atoms with Gasteiger partial charge in [-0.15, -0.1) is 0 Å². The summed E-state index contributed by atoms with van der Waals surface area (Å²) in [5.74, 6) is 0.279. The molecule has 96 valence electrons. The predicted molar refractivity (Wildman–Crippen MR) is 74.5 cm³/mol. The lowest BCUT2D eigenvalue weighted by atomic mass is 9.91. The third kappa shape index (κ3) is 4.76. The molecule has 2 atom stereocenters. The average molecular weight is 302 g/mol. The van der Waals surface area contributed by atoms with Crippen molar-refractivity contribution in [1.82, 2.24) is 0 Å². The molecule has 0 spiro atoms. The second-order valence-corrected chi connectivity index (χ2v) is 5.58. The van der Waals surface area contributed by atoms with Gasteiger partial charge in [-0.05, 0) is 42.5 Å². The Labute approximate surface area is 112 Å². The van der Waals surface area contributed by atoms with Crippen LogP contribution in [0.1, 0.15) is 38.7 Å². The first-order chi connectivity index (χ1) is 8.04. The van der Waals surface area contributed by atoms with Crippen LogP contribution in [0.25, 0.3) is 0 Å². The lowest BCUT2D eigenvalue weighted by molar-refractivity contribution is 0.410. The van der Waals surface area contributed by atoms with E-state index in [1.165, 1.54) is 18.9 Å². The van der Waals surface area contributed by atoms with Gasteiger partial charge in [0, 0.05) is 10.5 Å². The summed E-state index contributed by atoms with van der Waals surface area (Å²) in [6.07, 6.45) is 4.27. The van der Waals surface area contributed by atoms with Crippen LogP contribution in [0.2, 0.25) is 0 Å². The fourth-order valence-corrected chi connectivity index (χ4v) is 2.30. The zero-order valence-electron chi connectivity index (χ0n) is 10.5. The molecule has 2 unspecified atom stereocenters. The molecular formula is C14H21BrFN. The first-order valence-corrected chi connectivity index (χ1v) is 7.03. The van der Waals surface area contributed by atoms with Gasteiger partial charge in [-0.2, -0.15) is 0 Å². The first-order valence-electron chi connectivity index (χ1n) is 6.24. The molecule has 0 aliphatic heterocycles. The summed E-state index contributed by atoms with van der Waals surface area (Å²) in [4.78, 5) is 0. The molecule has 0 aromatic heterocycles. The quantitative estimate of drug-likeness (QED) is 0.833. The van der Waals surface area contributed by atoms with Crippen molar-refractivity contribution in [3.05, 3.63) is 34.1 Å². The predicted octanol–water partition coefficient (Wildman–Crippen LogP) is 4.28. The highest BCUT2D eigenvalue weighted by Gasteiger charge is 2.14. The number of benzene rings is 1. The van der Waals surface area contributed by atoms with Crippen molar-refractivity contribution in [2.24, 2.45) is 11.7 Å². The number of rotatable bonds is 6. The molecule has 1 aromatic rings. The minimum Gasteiger partial charge on any atom is -0.327 e. The third-order valence-corrected chi connectivity index (χ3v) is 3.98. The van der Waals surface area contributed by atoms with Gasteiger partial charge in [0.1, 0.15) is 5.82 Å². The van der Waals surface area contributed by atoms with Crippen LogP contribution < -0.4 is 5.73 Å². The fraction of sp³-hybridized carbons (Fsp3) is 0.571. The lowest BCUT2D eigenvalue weighted by Gasteiger charge is -2.20. The number of hydrogen-bond acceptors (Lipinski definition) is 1. The topological polar surface area (TPSA) is 26.0 Å². The van der Waals surface area contributed by atoms with Crippen molar-refractivity contribution in [3.8, 4) is 0 Å². The van der Waals surface area contributed by atoms with Gasteiger partial charge in [-0.25, -0.2) is 4.39 Å². The van der Waals surface area contributed by atoms with Gasteiger partial charge in [-0.3, -0.25) is 0 Å². The summed E-state index contributed by atoms with van der Waals surface area (Å²) in [5, 5.41) is 0. The van der Waals surface area contributed by atoms with Crippen molar-refractivity contribution >= 4 is 15.9 Å². The molecule has 0 aliphatic carbocycles. The Morgan fingerprint density at radius 1 is 1.41 bits per heavy atom. The summed E-state index contributed by atoms with van der Waals surface area (Å²) in [5.41, 5.74) is 7.12. The molecule has 0 amide bonds. The maximum absolute atomic E-state index is 13.1. The molecule has 0 radical (unpaired) electrons. The Morgan fingerprint density at radius 2 is 2.12 bits per heavy atom. The molecule has 0 bridgehead atoms. The monoisotopic (exact) mass is 301 g/mol. The van der Waals surface area contributed by atoms with E-state index in [0.717, 1.165) is 22.9 Å². The van der Waals surface area contributed by atoms with Crippen LogP contribution in [-0.2, 0) is 6.42 Å². The highest BCUT2D eigenvalue weighted by atomic mass is 79.9. The van der Waals surface area contributed by atoms with Gasteiger partial charge in [0.05, 0.1) is 0 Å². The molecule has 1 nitrogen and oxygen atoms in total. The van der Waals surface area contributed by atoms with Crippen LogP contribution in [-0.4, -0.2) is 6.04 Å². The number of nitrogens with two attached hydrogens (primary N) is 1. The van der Waals surface area contributed by atoms with Crippen LogP contribution in [0, 0.1) is 11.7 Å². The Hall–Kier alpha value is -0.410. The van der Waals surface area contributed by atoms with E-state index in [1.807, 2.05) is 0 Å². The van der Waals surface area contributed by atoms with Crippen molar-refractivity contribution < 1.29 is 4.39 Å². The Kier molecular flexibility index (Phi) is 6.14. The molecule has 0 saturated heterocycles. The fourth-order valence-electron chi connectivity index (χ4n) is 1.90. The van der Waals surface area contributed by atoms with E-state index >= 15 is 0 Å². The first kappa shape index (κ1) is 14.7. The van der Waals surface area contributed by atoms with E-state index in [4.69, 9.17) is 5.73 Å². The van der Waals surface area contributed by atoms with E-state index in [-0.39, 0.29) is 11.9 Å². The zero-order valence-corrected chi connectivity index (χ0v) is 12.1. The normalized spacial score (nSPS) is 14.6. The highest BCUT2D eigenvalue weighted by Crippen LogP contribution is 2.22. The summed E-state index contributed by atoms with van der Waals surface area (Å²) in [6.45, 7) is 4.36.